The average Bonchev–Trinajstić information content (AvgIpc) is 2.61. The summed E-state index contributed by atoms with van der Waals surface area (Å²) in [5.74, 6) is 0.292. The number of halogens is 3. The zero-order chi connectivity index (χ0) is 17.1. The molecular weight excluding hydrogens is 384 g/mol. The lowest BCUT2D eigenvalue weighted by molar-refractivity contribution is -0.139. The first-order valence-electron chi connectivity index (χ1n) is 8.32. The van der Waals surface area contributed by atoms with E-state index < -0.39 is 0 Å². The van der Waals surface area contributed by atoms with E-state index in [-0.39, 0.29) is 48.7 Å². The van der Waals surface area contributed by atoms with E-state index in [9.17, 15) is 9.18 Å². The van der Waals surface area contributed by atoms with Crippen molar-refractivity contribution in [1.29, 1.82) is 0 Å². The molecule has 0 aliphatic carbocycles. The SMILES string of the molecule is COc1cc(F)ccc1N1CCN(C(=O)[C@H]2NCCO[C@@H]2C)CC1.Cl.Cl. The maximum atomic E-state index is 13.3. The number of hydrogen-bond donors (Lipinski definition) is 1. The van der Waals surface area contributed by atoms with Gasteiger partial charge in [0.25, 0.3) is 0 Å². The van der Waals surface area contributed by atoms with Crippen LogP contribution in [-0.2, 0) is 9.53 Å². The fourth-order valence-corrected chi connectivity index (χ4v) is 3.29. The smallest absolute Gasteiger partial charge is 0.242 e. The second-order valence-electron chi connectivity index (χ2n) is 6.14. The van der Waals surface area contributed by atoms with Crippen molar-refractivity contribution in [2.45, 2.75) is 19.1 Å². The number of nitrogens with one attached hydrogen (secondary N) is 1. The van der Waals surface area contributed by atoms with Crippen LogP contribution in [0.25, 0.3) is 0 Å². The van der Waals surface area contributed by atoms with Gasteiger partial charge in [0.2, 0.25) is 5.91 Å². The number of carbonyl (C=O) groups excluding carboxylic acids is 1. The molecule has 1 N–H and O–H groups in total. The minimum Gasteiger partial charge on any atom is -0.494 e. The Hall–Kier alpha value is -1.28. The van der Waals surface area contributed by atoms with Gasteiger partial charge in [-0.1, -0.05) is 0 Å². The van der Waals surface area contributed by atoms with Gasteiger partial charge in [-0.25, -0.2) is 4.39 Å². The quantitative estimate of drug-likeness (QED) is 0.823. The van der Waals surface area contributed by atoms with E-state index in [2.05, 4.69) is 10.2 Å². The van der Waals surface area contributed by atoms with Crippen molar-refractivity contribution in [2.24, 2.45) is 0 Å². The fraction of sp³-hybridized carbons (Fsp3) is 0.588. The highest BCUT2D eigenvalue weighted by atomic mass is 35.5. The summed E-state index contributed by atoms with van der Waals surface area (Å²) >= 11 is 0. The molecule has 1 amide bonds. The molecule has 1 aromatic carbocycles. The van der Waals surface area contributed by atoms with Crippen molar-refractivity contribution in [3.8, 4) is 5.75 Å². The highest BCUT2D eigenvalue weighted by Gasteiger charge is 2.33. The molecule has 26 heavy (non-hydrogen) atoms. The third kappa shape index (κ3) is 4.91. The molecule has 2 saturated heterocycles. The number of carbonyl (C=O) groups is 1. The van der Waals surface area contributed by atoms with Gasteiger partial charge in [0.1, 0.15) is 17.6 Å². The van der Waals surface area contributed by atoms with Crippen LogP contribution in [0.15, 0.2) is 18.2 Å². The summed E-state index contributed by atoms with van der Waals surface area (Å²) < 4.78 is 24.2. The van der Waals surface area contributed by atoms with Crippen LogP contribution in [-0.4, -0.2) is 69.4 Å². The Balaban J connectivity index is 0.00000169. The summed E-state index contributed by atoms with van der Waals surface area (Å²) in [6.07, 6.45) is -0.110. The second-order valence-corrected chi connectivity index (χ2v) is 6.14. The third-order valence-corrected chi connectivity index (χ3v) is 4.66. The van der Waals surface area contributed by atoms with Crippen LogP contribution >= 0.6 is 24.8 Å². The maximum absolute atomic E-state index is 13.3. The van der Waals surface area contributed by atoms with E-state index in [0.29, 0.717) is 45.1 Å². The van der Waals surface area contributed by atoms with Crippen LogP contribution in [0.5, 0.6) is 5.75 Å². The molecule has 0 saturated carbocycles. The van der Waals surface area contributed by atoms with Crippen LogP contribution in [0.3, 0.4) is 0 Å². The monoisotopic (exact) mass is 409 g/mol. The average molecular weight is 410 g/mol. The molecule has 0 aromatic heterocycles. The summed E-state index contributed by atoms with van der Waals surface area (Å²) in [5, 5.41) is 3.24. The highest BCUT2D eigenvalue weighted by molar-refractivity contribution is 5.85. The standard InChI is InChI=1S/C17H24FN3O3.2ClH/c1-12-16(19-5-10-24-12)17(22)21-8-6-20(7-9-21)14-4-3-13(18)11-15(14)23-2;;/h3-4,11-12,16,19H,5-10H2,1-2H3;2*1H/t12-,16+;;/m1../s1. The molecule has 9 heteroatoms. The van der Waals surface area contributed by atoms with E-state index >= 15 is 0 Å². The van der Waals surface area contributed by atoms with Crippen molar-refractivity contribution in [3.63, 3.8) is 0 Å². The summed E-state index contributed by atoms with van der Waals surface area (Å²) in [6.45, 7) is 5.91. The molecule has 0 spiro atoms. The lowest BCUT2D eigenvalue weighted by atomic mass is 10.1. The molecule has 0 bridgehead atoms. The number of benzene rings is 1. The minimum atomic E-state index is -0.318. The van der Waals surface area contributed by atoms with Gasteiger partial charge in [0.05, 0.1) is 25.5 Å². The van der Waals surface area contributed by atoms with Crippen LogP contribution in [0.4, 0.5) is 10.1 Å². The largest absolute Gasteiger partial charge is 0.494 e. The normalized spacial score (nSPS) is 22.9. The summed E-state index contributed by atoms with van der Waals surface area (Å²) in [5.41, 5.74) is 0.860. The van der Waals surface area contributed by atoms with Gasteiger partial charge in [0.15, 0.2) is 0 Å². The summed E-state index contributed by atoms with van der Waals surface area (Å²) in [6, 6.07) is 4.27. The molecule has 2 aliphatic rings. The summed E-state index contributed by atoms with van der Waals surface area (Å²) in [7, 11) is 1.54. The van der Waals surface area contributed by atoms with Gasteiger partial charge in [-0.2, -0.15) is 0 Å². The second kappa shape index (κ2) is 10.2. The third-order valence-electron chi connectivity index (χ3n) is 4.66. The maximum Gasteiger partial charge on any atom is 0.242 e. The van der Waals surface area contributed by atoms with Crippen molar-refractivity contribution in [2.75, 3.05) is 51.3 Å². The van der Waals surface area contributed by atoms with Crippen molar-refractivity contribution < 1.29 is 18.7 Å². The predicted octanol–water partition coefficient (Wildman–Crippen LogP) is 1.70. The van der Waals surface area contributed by atoms with Crippen LogP contribution in [0.2, 0.25) is 0 Å². The van der Waals surface area contributed by atoms with Crippen molar-refractivity contribution in [1.82, 2.24) is 10.2 Å². The van der Waals surface area contributed by atoms with Gasteiger partial charge in [-0.05, 0) is 19.1 Å². The molecule has 148 valence electrons. The molecule has 0 unspecified atom stereocenters. The Kier molecular flexibility index (Phi) is 8.89. The number of amides is 1. The Bertz CT molecular complexity index is 601. The predicted molar refractivity (Wildman–Crippen MR) is 103 cm³/mol. The van der Waals surface area contributed by atoms with E-state index in [1.54, 1.807) is 6.07 Å². The van der Waals surface area contributed by atoms with Gasteiger partial charge in [0, 0.05) is 38.8 Å². The number of ether oxygens (including phenoxy) is 2. The summed E-state index contributed by atoms with van der Waals surface area (Å²) in [4.78, 5) is 16.7. The highest BCUT2D eigenvalue weighted by Crippen LogP contribution is 2.29. The molecule has 1 aromatic rings. The topological polar surface area (TPSA) is 54.0 Å². The Morgan fingerprint density at radius 3 is 2.58 bits per heavy atom. The molecule has 3 rings (SSSR count). The number of hydrogen-bond acceptors (Lipinski definition) is 5. The molecule has 2 aliphatic heterocycles. The van der Waals surface area contributed by atoms with Gasteiger partial charge >= 0.3 is 0 Å². The number of morpholine rings is 1. The first kappa shape index (κ1) is 22.8. The van der Waals surface area contributed by atoms with E-state index in [1.807, 2.05) is 11.8 Å². The van der Waals surface area contributed by atoms with E-state index in [4.69, 9.17) is 9.47 Å². The Morgan fingerprint density at radius 2 is 1.96 bits per heavy atom. The van der Waals surface area contributed by atoms with Crippen LogP contribution < -0.4 is 15.0 Å². The first-order chi connectivity index (χ1) is 11.6. The zero-order valence-electron chi connectivity index (χ0n) is 14.9. The van der Waals surface area contributed by atoms with Gasteiger partial charge in [-0.3, -0.25) is 4.79 Å². The van der Waals surface area contributed by atoms with Crippen LogP contribution in [0, 0.1) is 5.82 Å². The van der Waals surface area contributed by atoms with Crippen molar-refractivity contribution >= 4 is 36.4 Å². The Labute approximate surface area is 165 Å². The minimum absolute atomic E-state index is 0. The molecule has 2 fully saturated rings. The van der Waals surface area contributed by atoms with E-state index in [1.165, 1.54) is 19.2 Å². The number of piperazine rings is 1. The Morgan fingerprint density at radius 1 is 1.27 bits per heavy atom. The van der Waals surface area contributed by atoms with Gasteiger partial charge in [-0.15, -0.1) is 24.8 Å². The van der Waals surface area contributed by atoms with Gasteiger partial charge < -0.3 is 24.6 Å². The number of rotatable bonds is 3. The zero-order valence-corrected chi connectivity index (χ0v) is 16.6. The lowest BCUT2D eigenvalue weighted by Gasteiger charge is -2.39. The number of methoxy groups -OCH3 is 1. The lowest BCUT2D eigenvalue weighted by Crippen LogP contribution is -2.59. The molecule has 2 atom stereocenters. The molecule has 2 heterocycles. The molecule has 6 nitrogen and oxygen atoms in total. The fourth-order valence-electron chi connectivity index (χ4n) is 3.29. The van der Waals surface area contributed by atoms with E-state index in [0.717, 1.165) is 5.69 Å². The molecule has 0 radical (unpaired) electrons. The molecular formula is C17H26Cl2FN3O3. The van der Waals surface area contributed by atoms with Crippen molar-refractivity contribution in [3.05, 3.63) is 24.0 Å². The first-order valence-corrected chi connectivity index (χ1v) is 8.32. The van der Waals surface area contributed by atoms with Crippen LogP contribution in [0.1, 0.15) is 6.92 Å². The number of anilines is 1. The number of nitrogens with zero attached hydrogens (tertiary/aromatic N) is 2.